The molecule has 0 aliphatic carbocycles. The number of amides is 2. The molecule has 168 valence electrons. The maximum Gasteiger partial charge on any atom is 0.273 e. The molecule has 2 aromatic carbocycles. The van der Waals surface area contributed by atoms with Crippen molar-refractivity contribution < 1.29 is 33.1 Å². The molecule has 0 unspecified atom stereocenters. The van der Waals surface area contributed by atoms with E-state index >= 15 is 0 Å². The highest BCUT2D eigenvalue weighted by Crippen LogP contribution is 2.34. The molecule has 10 heteroatoms. The van der Waals surface area contributed by atoms with Crippen LogP contribution in [0.5, 0.6) is 23.0 Å². The first-order chi connectivity index (χ1) is 15.4. The Bertz CT molecular complexity index is 1110. The summed E-state index contributed by atoms with van der Waals surface area (Å²) < 4.78 is 26.5. The third-order valence-electron chi connectivity index (χ3n) is 4.47. The van der Waals surface area contributed by atoms with Crippen LogP contribution in [0.25, 0.3) is 11.3 Å². The van der Waals surface area contributed by atoms with Crippen molar-refractivity contribution in [3.8, 4) is 34.3 Å². The van der Waals surface area contributed by atoms with E-state index < -0.39 is 11.8 Å². The normalized spacial score (nSPS) is 10.3. The van der Waals surface area contributed by atoms with Crippen molar-refractivity contribution in [1.29, 1.82) is 0 Å². The highest BCUT2D eigenvalue weighted by Gasteiger charge is 2.17. The Balaban J connectivity index is 1.69. The van der Waals surface area contributed by atoms with Crippen LogP contribution in [0.15, 0.2) is 47.0 Å². The lowest BCUT2D eigenvalue weighted by Gasteiger charge is -2.11. The van der Waals surface area contributed by atoms with Crippen LogP contribution in [-0.4, -0.2) is 44.9 Å². The number of nitrogens with one attached hydrogen (secondary N) is 1. The molecule has 0 radical (unpaired) electrons. The lowest BCUT2D eigenvalue weighted by atomic mass is 10.1. The van der Waals surface area contributed by atoms with E-state index in [9.17, 15) is 9.59 Å². The van der Waals surface area contributed by atoms with Gasteiger partial charge in [0, 0.05) is 12.6 Å². The van der Waals surface area contributed by atoms with Gasteiger partial charge in [0.2, 0.25) is 0 Å². The zero-order valence-corrected chi connectivity index (χ0v) is 17.8. The first kappa shape index (κ1) is 22.5. The number of ether oxygens (including phenoxy) is 4. The van der Waals surface area contributed by atoms with Crippen LogP contribution in [0.2, 0.25) is 0 Å². The average Bonchev–Trinajstić information content (AvgIpc) is 3.31. The molecule has 0 aliphatic heterocycles. The predicted octanol–water partition coefficient (Wildman–Crippen LogP) is 2.16. The fourth-order valence-electron chi connectivity index (χ4n) is 2.88. The topological polar surface area (TPSA) is 135 Å². The molecule has 2 amide bonds. The summed E-state index contributed by atoms with van der Waals surface area (Å²) in [4.78, 5) is 23.4. The van der Waals surface area contributed by atoms with Gasteiger partial charge in [0.1, 0.15) is 11.5 Å². The largest absolute Gasteiger partial charge is 0.497 e. The van der Waals surface area contributed by atoms with E-state index in [1.54, 1.807) is 43.5 Å². The van der Waals surface area contributed by atoms with E-state index in [2.05, 4.69) is 10.5 Å². The smallest absolute Gasteiger partial charge is 0.273 e. The number of benzene rings is 2. The molecule has 0 saturated carbocycles. The molecule has 3 N–H and O–H groups in total. The molecule has 0 aliphatic rings. The minimum Gasteiger partial charge on any atom is -0.497 e. The SMILES string of the molecule is COc1ccc(OC)c(-c2cc(C(=O)NCc3ccc(OCC(N)=O)c(OC)c3)no2)c1. The van der Waals surface area contributed by atoms with Crippen LogP contribution in [0, 0.1) is 0 Å². The minimum absolute atomic E-state index is 0.109. The number of hydrogen-bond acceptors (Lipinski definition) is 8. The number of methoxy groups -OCH3 is 3. The number of carbonyl (C=O) groups excluding carboxylic acids is 2. The Morgan fingerprint density at radius 1 is 0.969 bits per heavy atom. The van der Waals surface area contributed by atoms with Gasteiger partial charge in [0.15, 0.2) is 29.6 Å². The number of hydrogen-bond donors (Lipinski definition) is 2. The van der Waals surface area contributed by atoms with Crippen LogP contribution in [0.4, 0.5) is 0 Å². The fourth-order valence-corrected chi connectivity index (χ4v) is 2.88. The van der Waals surface area contributed by atoms with Crippen LogP contribution in [0.1, 0.15) is 16.1 Å². The summed E-state index contributed by atoms with van der Waals surface area (Å²) in [6, 6.07) is 11.8. The van der Waals surface area contributed by atoms with Crippen LogP contribution >= 0.6 is 0 Å². The van der Waals surface area contributed by atoms with Gasteiger partial charge < -0.3 is 34.5 Å². The monoisotopic (exact) mass is 441 g/mol. The third kappa shape index (κ3) is 5.28. The predicted molar refractivity (Wildman–Crippen MR) is 114 cm³/mol. The van der Waals surface area contributed by atoms with Crippen molar-refractivity contribution in [2.24, 2.45) is 5.73 Å². The maximum atomic E-state index is 12.5. The van der Waals surface area contributed by atoms with E-state index in [4.69, 9.17) is 29.2 Å². The van der Waals surface area contributed by atoms with Gasteiger partial charge in [-0.2, -0.15) is 0 Å². The summed E-state index contributed by atoms with van der Waals surface area (Å²) in [7, 11) is 4.56. The van der Waals surface area contributed by atoms with E-state index in [0.29, 0.717) is 34.3 Å². The van der Waals surface area contributed by atoms with E-state index in [1.807, 2.05) is 0 Å². The highest BCUT2D eigenvalue weighted by atomic mass is 16.5. The van der Waals surface area contributed by atoms with Gasteiger partial charge in [-0.3, -0.25) is 9.59 Å². The summed E-state index contributed by atoms with van der Waals surface area (Å²) in [5.41, 5.74) is 6.55. The number of primary amides is 1. The molecule has 0 fully saturated rings. The van der Waals surface area contributed by atoms with Gasteiger partial charge >= 0.3 is 0 Å². The van der Waals surface area contributed by atoms with Gasteiger partial charge in [-0.1, -0.05) is 11.2 Å². The molecular formula is C22H23N3O7. The standard InChI is InChI=1S/C22H23N3O7/c1-28-14-5-7-17(29-2)15(9-14)19-10-16(25-32-19)22(27)24-11-13-4-6-18(20(8-13)30-3)31-12-21(23)26/h4-10H,11-12H2,1-3H3,(H2,23,26)(H,24,27). The van der Waals surface area contributed by atoms with Crippen molar-refractivity contribution in [2.45, 2.75) is 6.54 Å². The fraction of sp³-hybridized carbons (Fsp3) is 0.227. The molecule has 32 heavy (non-hydrogen) atoms. The van der Waals surface area contributed by atoms with E-state index in [0.717, 1.165) is 5.56 Å². The molecule has 3 aromatic rings. The molecular weight excluding hydrogens is 418 g/mol. The molecule has 10 nitrogen and oxygen atoms in total. The molecule has 0 saturated heterocycles. The second kappa shape index (κ2) is 10.2. The molecule has 3 rings (SSSR count). The number of carbonyl (C=O) groups is 2. The molecule has 0 bridgehead atoms. The second-order valence-corrected chi connectivity index (χ2v) is 6.57. The van der Waals surface area contributed by atoms with Crippen LogP contribution in [0.3, 0.4) is 0 Å². The highest BCUT2D eigenvalue weighted by molar-refractivity contribution is 5.93. The van der Waals surface area contributed by atoms with Gasteiger partial charge in [-0.15, -0.1) is 0 Å². The third-order valence-corrected chi connectivity index (χ3v) is 4.47. The molecule has 1 heterocycles. The number of nitrogens with two attached hydrogens (primary N) is 1. The van der Waals surface area contributed by atoms with Gasteiger partial charge in [-0.05, 0) is 35.9 Å². The zero-order valence-electron chi connectivity index (χ0n) is 17.8. The lowest BCUT2D eigenvalue weighted by molar-refractivity contribution is -0.119. The first-order valence-electron chi connectivity index (χ1n) is 9.50. The molecule has 1 aromatic heterocycles. The summed E-state index contributed by atoms with van der Waals surface area (Å²) in [5.74, 6) is 1.29. The Morgan fingerprint density at radius 3 is 2.41 bits per heavy atom. The van der Waals surface area contributed by atoms with Gasteiger partial charge in [0.05, 0.1) is 26.9 Å². The van der Waals surface area contributed by atoms with Crippen molar-refractivity contribution in [3.05, 3.63) is 53.7 Å². The van der Waals surface area contributed by atoms with Crippen molar-refractivity contribution in [2.75, 3.05) is 27.9 Å². The maximum absolute atomic E-state index is 12.5. The van der Waals surface area contributed by atoms with Crippen LogP contribution in [-0.2, 0) is 11.3 Å². The average molecular weight is 441 g/mol. The Hall–Kier alpha value is -4.21. The van der Waals surface area contributed by atoms with Crippen molar-refractivity contribution >= 4 is 11.8 Å². The molecule has 0 spiro atoms. The Labute approximate surface area is 184 Å². The van der Waals surface area contributed by atoms with Crippen molar-refractivity contribution in [3.63, 3.8) is 0 Å². The summed E-state index contributed by atoms with van der Waals surface area (Å²) in [5, 5.41) is 6.62. The Morgan fingerprint density at radius 2 is 1.72 bits per heavy atom. The Kier molecular flexibility index (Phi) is 7.17. The second-order valence-electron chi connectivity index (χ2n) is 6.57. The van der Waals surface area contributed by atoms with E-state index in [1.165, 1.54) is 20.3 Å². The number of nitrogens with zero attached hydrogens (tertiary/aromatic N) is 1. The lowest BCUT2D eigenvalue weighted by Crippen LogP contribution is -2.23. The summed E-state index contributed by atoms with van der Waals surface area (Å²) in [6.07, 6.45) is 0. The van der Waals surface area contributed by atoms with Crippen molar-refractivity contribution in [1.82, 2.24) is 10.5 Å². The zero-order chi connectivity index (χ0) is 23.1. The van der Waals surface area contributed by atoms with Gasteiger partial charge in [-0.25, -0.2) is 0 Å². The minimum atomic E-state index is -0.595. The number of rotatable bonds is 10. The van der Waals surface area contributed by atoms with Crippen LogP contribution < -0.4 is 30.0 Å². The summed E-state index contributed by atoms with van der Waals surface area (Å²) in [6.45, 7) is -0.0605. The first-order valence-corrected chi connectivity index (χ1v) is 9.50. The van der Waals surface area contributed by atoms with E-state index in [-0.39, 0.29) is 18.8 Å². The number of aromatic nitrogens is 1. The molecule has 0 atom stereocenters. The summed E-state index contributed by atoms with van der Waals surface area (Å²) >= 11 is 0. The quantitative estimate of drug-likeness (QED) is 0.489. The van der Waals surface area contributed by atoms with Gasteiger partial charge in [0.25, 0.3) is 11.8 Å².